The van der Waals surface area contributed by atoms with Crippen molar-refractivity contribution in [2.24, 2.45) is 5.92 Å². The normalized spacial score (nSPS) is 24.0. The zero-order valence-electron chi connectivity index (χ0n) is 21.3. The molecule has 34 heavy (non-hydrogen) atoms. The van der Waals surface area contributed by atoms with Gasteiger partial charge in [0, 0.05) is 46.6 Å². The summed E-state index contributed by atoms with van der Waals surface area (Å²) >= 11 is 6.97. The van der Waals surface area contributed by atoms with Gasteiger partial charge in [-0.3, -0.25) is 0 Å². The van der Waals surface area contributed by atoms with Crippen LogP contribution in [0.2, 0.25) is 0 Å². The van der Waals surface area contributed by atoms with E-state index in [9.17, 15) is 0 Å². The lowest BCUT2D eigenvalue weighted by Crippen LogP contribution is -2.26. The molecule has 3 heteroatoms. The highest BCUT2D eigenvalue weighted by Crippen LogP contribution is 2.48. The van der Waals surface area contributed by atoms with E-state index in [-0.39, 0.29) is 10.8 Å². The first kappa shape index (κ1) is 23.2. The van der Waals surface area contributed by atoms with E-state index < -0.39 is 0 Å². The van der Waals surface area contributed by atoms with E-state index in [1.807, 2.05) is 0 Å². The summed E-state index contributed by atoms with van der Waals surface area (Å²) < 4.78 is 2.33. The number of halogens is 1. The summed E-state index contributed by atoms with van der Waals surface area (Å²) in [5.41, 5.74) is 9.41. The molecule has 2 aromatic rings. The average Bonchev–Trinajstić information content (AvgIpc) is 3.33. The number of fused-ring (bicyclic) bond motifs is 2. The fourth-order valence-corrected chi connectivity index (χ4v) is 6.69. The molecule has 0 N–H and O–H groups in total. The maximum absolute atomic E-state index is 6.97. The maximum Gasteiger partial charge on any atom is 0.209 e. The monoisotopic (exact) mass is 471 g/mol. The molecule has 0 bridgehead atoms. The molecule has 0 amide bonds. The number of benzene rings is 2. The number of rotatable bonds is 4. The van der Waals surface area contributed by atoms with Crippen molar-refractivity contribution in [2.45, 2.75) is 57.8 Å². The van der Waals surface area contributed by atoms with Crippen LogP contribution < -0.4 is 4.90 Å². The minimum absolute atomic E-state index is 0.00898. The van der Waals surface area contributed by atoms with Gasteiger partial charge in [0.15, 0.2) is 5.71 Å². The Morgan fingerprint density at radius 2 is 1.65 bits per heavy atom. The van der Waals surface area contributed by atoms with E-state index in [0.717, 1.165) is 24.3 Å². The second-order valence-electron chi connectivity index (χ2n) is 11.1. The first-order valence-electron chi connectivity index (χ1n) is 12.4. The second-order valence-corrected chi connectivity index (χ2v) is 11.5. The Labute approximate surface area is 210 Å². The molecule has 176 valence electrons. The number of allylic oxidation sites excluding steroid dienone is 6. The van der Waals surface area contributed by atoms with E-state index in [4.69, 9.17) is 11.6 Å². The number of likely N-dealkylation sites (N-methyl/N-ethyl adjacent to an activating group) is 1. The molecule has 0 unspecified atom stereocenters. The van der Waals surface area contributed by atoms with Crippen molar-refractivity contribution in [3.63, 3.8) is 0 Å². The third kappa shape index (κ3) is 3.50. The average molecular weight is 472 g/mol. The van der Waals surface area contributed by atoms with E-state index in [0.29, 0.717) is 5.92 Å². The van der Waals surface area contributed by atoms with Crippen molar-refractivity contribution < 1.29 is 4.58 Å². The molecule has 5 rings (SSSR count). The van der Waals surface area contributed by atoms with Gasteiger partial charge in [-0.05, 0) is 56.2 Å². The Hall–Kier alpha value is -2.58. The van der Waals surface area contributed by atoms with E-state index in [1.165, 1.54) is 39.5 Å². The Balaban J connectivity index is 1.36. The van der Waals surface area contributed by atoms with E-state index in [1.54, 1.807) is 0 Å². The Kier molecular flexibility index (Phi) is 5.64. The Bertz CT molecular complexity index is 1270. The fraction of sp³-hybridized carbons (Fsp3) is 0.387. The van der Waals surface area contributed by atoms with Crippen LogP contribution in [0.5, 0.6) is 0 Å². The van der Waals surface area contributed by atoms with Crippen molar-refractivity contribution in [3.8, 4) is 0 Å². The van der Waals surface area contributed by atoms with Crippen LogP contribution in [-0.2, 0) is 10.8 Å². The first-order valence-corrected chi connectivity index (χ1v) is 12.8. The van der Waals surface area contributed by atoms with Gasteiger partial charge < -0.3 is 4.90 Å². The summed E-state index contributed by atoms with van der Waals surface area (Å²) in [6.07, 6.45) is 10.2. The van der Waals surface area contributed by atoms with Gasteiger partial charge in [-0.1, -0.05) is 74.0 Å². The zero-order chi connectivity index (χ0) is 24.3. The quantitative estimate of drug-likeness (QED) is 0.411. The smallest absolute Gasteiger partial charge is 0.209 e. The molecular formula is C31H36ClN2+. The zero-order valence-corrected chi connectivity index (χ0v) is 22.1. The van der Waals surface area contributed by atoms with Crippen LogP contribution in [0, 0.1) is 5.92 Å². The molecule has 2 aliphatic heterocycles. The summed E-state index contributed by atoms with van der Waals surface area (Å²) in [6.45, 7) is 9.28. The molecule has 2 heterocycles. The van der Waals surface area contributed by atoms with Crippen LogP contribution in [0.3, 0.4) is 0 Å². The molecule has 0 aromatic heterocycles. The molecule has 0 radical (unpaired) electrons. The summed E-state index contributed by atoms with van der Waals surface area (Å²) in [7, 11) is 4.36. The van der Waals surface area contributed by atoms with Gasteiger partial charge in [0.2, 0.25) is 5.69 Å². The van der Waals surface area contributed by atoms with Gasteiger partial charge in [-0.2, -0.15) is 4.58 Å². The lowest BCUT2D eigenvalue weighted by Gasteiger charge is -2.25. The summed E-state index contributed by atoms with van der Waals surface area (Å²) in [5, 5.41) is 1.04. The van der Waals surface area contributed by atoms with Crippen LogP contribution >= 0.6 is 11.6 Å². The van der Waals surface area contributed by atoms with Crippen LogP contribution in [0.1, 0.15) is 58.1 Å². The molecule has 0 saturated carbocycles. The Morgan fingerprint density at radius 1 is 0.971 bits per heavy atom. The van der Waals surface area contributed by atoms with E-state index >= 15 is 0 Å². The van der Waals surface area contributed by atoms with Gasteiger partial charge in [0.05, 0.1) is 5.41 Å². The lowest BCUT2D eigenvalue weighted by molar-refractivity contribution is -0.401. The fourth-order valence-electron chi connectivity index (χ4n) is 6.33. The predicted octanol–water partition coefficient (Wildman–Crippen LogP) is 7.85. The molecular weight excluding hydrogens is 436 g/mol. The van der Waals surface area contributed by atoms with Gasteiger partial charge in [0.25, 0.3) is 0 Å². The molecule has 0 saturated heterocycles. The van der Waals surface area contributed by atoms with E-state index in [2.05, 4.69) is 118 Å². The summed E-state index contributed by atoms with van der Waals surface area (Å²) in [6, 6.07) is 17.5. The first-order chi connectivity index (χ1) is 16.1. The number of hydrogen-bond acceptors (Lipinski definition) is 1. The highest BCUT2D eigenvalue weighted by atomic mass is 35.5. The third-order valence-corrected chi connectivity index (χ3v) is 8.90. The maximum atomic E-state index is 6.97. The van der Waals surface area contributed by atoms with Gasteiger partial charge in [-0.25, -0.2) is 0 Å². The highest BCUT2D eigenvalue weighted by molar-refractivity contribution is 6.30. The topological polar surface area (TPSA) is 6.25 Å². The van der Waals surface area contributed by atoms with Gasteiger partial charge in [0.1, 0.15) is 7.05 Å². The summed E-state index contributed by atoms with van der Waals surface area (Å²) in [4.78, 5) is 2.36. The molecule has 1 atom stereocenters. The van der Waals surface area contributed by atoms with Crippen molar-refractivity contribution >= 4 is 28.7 Å². The van der Waals surface area contributed by atoms with Crippen molar-refractivity contribution in [2.75, 3.05) is 19.0 Å². The molecule has 0 spiro atoms. The number of para-hydroxylation sites is 2. The van der Waals surface area contributed by atoms with Crippen molar-refractivity contribution in [1.82, 2.24) is 0 Å². The molecule has 3 aliphatic rings. The lowest BCUT2D eigenvalue weighted by atomic mass is 9.81. The van der Waals surface area contributed by atoms with Crippen LogP contribution in [-0.4, -0.2) is 24.4 Å². The molecule has 2 nitrogen and oxygen atoms in total. The highest BCUT2D eigenvalue weighted by Gasteiger charge is 2.42. The minimum Gasteiger partial charge on any atom is -0.347 e. The SMILES string of the molecule is CN1/C(=C/C[C@H]2CCC(/C=C/C3=[N+](C)c4ccccc4C3(C)C)=C2Cl)C(C)(C)c2ccccc21. The standard InChI is InChI=1S/C31H36ClN2/c1-30(2)23-11-7-9-13-25(23)33(5)27(30)19-17-21-15-16-22(29(21)32)18-20-28-31(3,4)24-12-8-10-14-26(24)34(28)6/h7-14,17,19-20,22H,15-16,18H2,1-6H3/q+1/b19-17+,28-20+/t22-/m1/s1. The molecule has 0 fully saturated rings. The summed E-state index contributed by atoms with van der Waals surface area (Å²) in [5.74, 6) is 0.401. The van der Waals surface area contributed by atoms with Gasteiger partial charge in [-0.15, -0.1) is 0 Å². The Morgan fingerprint density at radius 3 is 2.35 bits per heavy atom. The van der Waals surface area contributed by atoms with Crippen LogP contribution in [0.15, 0.2) is 83.1 Å². The number of nitrogens with zero attached hydrogens (tertiary/aromatic N) is 2. The minimum atomic E-state index is -0.00898. The molecule has 2 aromatic carbocycles. The van der Waals surface area contributed by atoms with Crippen molar-refractivity contribution in [3.05, 3.63) is 94.2 Å². The molecule has 1 aliphatic carbocycles. The second kappa shape index (κ2) is 8.27. The largest absolute Gasteiger partial charge is 0.347 e. The third-order valence-electron chi connectivity index (χ3n) is 8.35. The number of hydrogen-bond donors (Lipinski definition) is 0. The van der Waals surface area contributed by atoms with Crippen LogP contribution in [0.4, 0.5) is 11.4 Å². The van der Waals surface area contributed by atoms with Crippen LogP contribution in [0.25, 0.3) is 0 Å². The predicted molar refractivity (Wildman–Crippen MR) is 146 cm³/mol. The van der Waals surface area contributed by atoms with Gasteiger partial charge >= 0.3 is 0 Å². The number of anilines is 1. The van der Waals surface area contributed by atoms with Crippen molar-refractivity contribution in [1.29, 1.82) is 0 Å².